The largest absolute Gasteiger partial charge is 0.569 e. The highest BCUT2D eigenvalue weighted by molar-refractivity contribution is 4.55. The summed E-state index contributed by atoms with van der Waals surface area (Å²) in [6.07, 6.45) is 28.2. The van der Waals surface area contributed by atoms with Crippen molar-refractivity contribution < 1.29 is 20.4 Å². The molecular formula is C30H64N6O4. The van der Waals surface area contributed by atoms with E-state index in [1.807, 2.05) is 0 Å². The van der Waals surface area contributed by atoms with Crippen LogP contribution in [0.3, 0.4) is 0 Å². The van der Waals surface area contributed by atoms with E-state index in [0.29, 0.717) is 36.1 Å². The monoisotopic (exact) mass is 572 g/mol. The zero-order chi connectivity index (χ0) is 29.5. The second kappa shape index (κ2) is 30.0. The molecule has 0 aliphatic rings. The third-order valence-corrected chi connectivity index (χ3v) is 7.76. The van der Waals surface area contributed by atoms with Crippen molar-refractivity contribution in [1.82, 2.24) is 10.0 Å². The minimum atomic E-state index is 0.306. The number of hydrogen-bond donors (Lipinski definition) is 2. The van der Waals surface area contributed by atoms with Gasteiger partial charge in [-0.2, -0.15) is 0 Å². The molecule has 0 atom stereocenters. The summed E-state index contributed by atoms with van der Waals surface area (Å²) in [4.78, 5) is 0.611. The van der Waals surface area contributed by atoms with Gasteiger partial charge in [-0.1, -0.05) is 142 Å². The summed E-state index contributed by atoms with van der Waals surface area (Å²) in [5.41, 5.74) is 0. The Bertz CT molecular complexity index is 545. The maximum Gasteiger partial charge on any atom is 0.230 e. The van der Waals surface area contributed by atoms with Gasteiger partial charge >= 0.3 is 0 Å². The van der Waals surface area contributed by atoms with Crippen molar-refractivity contribution in [3.63, 3.8) is 0 Å². The minimum absolute atomic E-state index is 0.306. The van der Waals surface area contributed by atoms with Gasteiger partial charge in [0.15, 0.2) is 0 Å². The second-order valence-electron chi connectivity index (χ2n) is 11.4. The van der Waals surface area contributed by atoms with Crippen LogP contribution in [-0.2, 0) is 0 Å². The molecule has 0 aromatic carbocycles. The van der Waals surface area contributed by atoms with Crippen LogP contribution in [0.1, 0.15) is 168 Å². The van der Waals surface area contributed by atoms with Crippen molar-refractivity contribution in [3.05, 3.63) is 10.4 Å². The molecule has 0 spiro atoms. The van der Waals surface area contributed by atoms with E-state index in [4.69, 9.17) is 10.4 Å². The minimum Gasteiger partial charge on any atom is -0.569 e. The molecule has 0 saturated carbocycles. The molecule has 0 rings (SSSR count). The van der Waals surface area contributed by atoms with Crippen LogP contribution in [0.2, 0.25) is 0 Å². The van der Waals surface area contributed by atoms with Crippen LogP contribution in [-0.4, -0.2) is 56.6 Å². The van der Waals surface area contributed by atoms with Gasteiger partial charge in [0.1, 0.15) is 0 Å². The third-order valence-electron chi connectivity index (χ3n) is 7.76. The third kappa shape index (κ3) is 23.9. The average molecular weight is 573 g/mol. The van der Waals surface area contributed by atoms with Crippen LogP contribution >= 0.6 is 0 Å². The van der Waals surface area contributed by atoms with Crippen LogP contribution in [0, 0.1) is 10.4 Å². The molecule has 0 aliphatic carbocycles. The van der Waals surface area contributed by atoms with Crippen molar-refractivity contribution in [3.8, 4) is 0 Å². The normalized spacial score (nSPS) is 12.2. The number of hydrazine groups is 2. The van der Waals surface area contributed by atoms with Crippen LogP contribution in [0.4, 0.5) is 0 Å². The Morgan fingerprint density at radius 3 is 0.800 bits per heavy atom. The standard InChI is InChI=1S/C30H64N6O4/c1-3-5-7-9-11-13-15-17-19-23-27-33(35(39)31-37)29-25-21-22-26-30-34(36(40)32-38)28-24-20-18-16-14-12-10-8-6-4-2/h37-38H,3-30H2,1-2H3. The molecule has 0 heterocycles. The first-order chi connectivity index (χ1) is 19.6. The smallest absolute Gasteiger partial charge is 0.230 e. The first-order valence-electron chi connectivity index (χ1n) is 16.7. The lowest BCUT2D eigenvalue weighted by atomic mass is 10.1. The van der Waals surface area contributed by atoms with Crippen molar-refractivity contribution >= 4 is 0 Å². The molecule has 40 heavy (non-hydrogen) atoms. The van der Waals surface area contributed by atoms with E-state index in [-0.39, 0.29) is 0 Å². The van der Waals surface area contributed by atoms with Crippen LogP contribution in [0.15, 0.2) is 10.6 Å². The summed E-state index contributed by atoms with van der Waals surface area (Å²) in [5.74, 6) is 0. The topological polar surface area (TPSA) is 124 Å². The molecule has 0 bridgehead atoms. The van der Waals surface area contributed by atoms with Gasteiger partial charge in [-0.25, -0.2) is 0 Å². The highest BCUT2D eigenvalue weighted by Crippen LogP contribution is 2.13. The summed E-state index contributed by atoms with van der Waals surface area (Å²) in [5, 5.41) is 50.4. The number of nitrogens with zero attached hydrogens (tertiary/aromatic N) is 6. The fraction of sp³-hybridized carbons (Fsp3) is 1.00. The molecule has 0 amide bonds. The molecule has 0 radical (unpaired) electrons. The van der Waals surface area contributed by atoms with E-state index in [1.54, 1.807) is 10.0 Å². The highest BCUT2D eigenvalue weighted by Gasteiger charge is 2.14. The molecule has 0 saturated heterocycles. The lowest BCUT2D eigenvalue weighted by molar-refractivity contribution is -0.710. The molecule has 0 aliphatic heterocycles. The Hall–Kier alpha value is -2.00. The summed E-state index contributed by atoms with van der Waals surface area (Å²) >= 11 is 0. The predicted octanol–water partition coefficient (Wildman–Crippen LogP) is 9.53. The zero-order valence-corrected chi connectivity index (χ0v) is 26.2. The fourth-order valence-electron chi connectivity index (χ4n) is 5.18. The number of unbranched alkanes of at least 4 members (excludes halogenated alkanes) is 21. The second-order valence-corrected chi connectivity index (χ2v) is 11.4. The van der Waals surface area contributed by atoms with Crippen molar-refractivity contribution in [2.75, 3.05) is 26.2 Å². The van der Waals surface area contributed by atoms with Crippen molar-refractivity contribution in [2.45, 2.75) is 168 Å². The molecule has 0 unspecified atom stereocenters. The molecule has 238 valence electrons. The SMILES string of the molecule is CCCCCCCCCCCCN(CCCCCCN(CCCCCCCCCCCC)[N+]([O-])=NO)[N+]([O-])=NO. The van der Waals surface area contributed by atoms with Crippen LogP contribution in [0.25, 0.3) is 0 Å². The first kappa shape index (κ1) is 38.0. The van der Waals surface area contributed by atoms with E-state index in [1.165, 1.54) is 103 Å². The lowest BCUT2D eigenvalue weighted by Crippen LogP contribution is -2.33. The Balaban J connectivity index is 3.97. The summed E-state index contributed by atoms with van der Waals surface area (Å²) in [7, 11) is 0. The summed E-state index contributed by atoms with van der Waals surface area (Å²) in [6, 6.07) is 0. The molecule has 0 fully saturated rings. The number of rotatable bonds is 31. The maximum atomic E-state index is 11.9. The van der Waals surface area contributed by atoms with Gasteiger partial charge in [-0.3, -0.25) is 0 Å². The molecule has 10 nitrogen and oxygen atoms in total. The van der Waals surface area contributed by atoms with E-state index in [2.05, 4.69) is 24.4 Å². The van der Waals surface area contributed by atoms with Gasteiger partial charge in [0.05, 0.1) is 36.1 Å². The van der Waals surface area contributed by atoms with E-state index in [9.17, 15) is 10.4 Å². The predicted molar refractivity (Wildman–Crippen MR) is 161 cm³/mol. The lowest BCUT2D eigenvalue weighted by Gasteiger charge is -2.18. The first-order valence-corrected chi connectivity index (χ1v) is 16.7. The molecular weight excluding hydrogens is 508 g/mol. The van der Waals surface area contributed by atoms with Gasteiger partial charge < -0.3 is 20.8 Å². The van der Waals surface area contributed by atoms with E-state index < -0.39 is 0 Å². The fourth-order valence-corrected chi connectivity index (χ4v) is 5.18. The highest BCUT2D eigenvalue weighted by atomic mass is 16.6. The number of hydrogen-bond acceptors (Lipinski definition) is 4. The zero-order valence-electron chi connectivity index (χ0n) is 26.2. The molecule has 2 N–H and O–H groups in total. The quantitative estimate of drug-likeness (QED) is 0.0369. The molecule has 0 aromatic heterocycles. The Morgan fingerprint density at radius 2 is 0.600 bits per heavy atom. The Morgan fingerprint density at radius 1 is 0.400 bits per heavy atom. The van der Waals surface area contributed by atoms with Crippen LogP contribution in [0.5, 0.6) is 0 Å². The molecule has 10 heteroatoms. The van der Waals surface area contributed by atoms with E-state index in [0.717, 1.165) is 51.4 Å². The molecule has 0 aromatic rings. The average Bonchev–Trinajstić information content (AvgIpc) is 2.97. The Kier molecular flexibility index (Phi) is 28.5. The maximum absolute atomic E-state index is 11.9. The van der Waals surface area contributed by atoms with Crippen molar-refractivity contribution in [2.24, 2.45) is 10.6 Å². The van der Waals surface area contributed by atoms with Crippen LogP contribution < -0.4 is 0 Å². The van der Waals surface area contributed by atoms with Crippen molar-refractivity contribution in [1.29, 1.82) is 0 Å². The Labute approximate surface area is 245 Å². The van der Waals surface area contributed by atoms with E-state index >= 15 is 0 Å². The van der Waals surface area contributed by atoms with Gasteiger partial charge in [0, 0.05) is 0 Å². The van der Waals surface area contributed by atoms with Gasteiger partial charge in [-0.05, 0) is 25.7 Å². The summed E-state index contributed by atoms with van der Waals surface area (Å²) in [6.45, 7) is 6.77. The van der Waals surface area contributed by atoms with Gasteiger partial charge in [-0.15, -0.1) is 10.0 Å². The summed E-state index contributed by atoms with van der Waals surface area (Å²) < 4.78 is 0. The van der Waals surface area contributed by atoms with Gasteiger partial charge in [0.2, 0.25) is 10.6 Å². The van der Waals surface area contributed by atoms with Gasteiger partial charge in [0.25, 0.3) is 0 Å².